The zero-order valence-electron chi connectivity index (χ0n) is 20.0. The number of imidazole rings is 1. The minimum Gasteiger partial charge on any atom is -0.367 e. The van der Waals surface area contributed by atoms with Crippen molar-refractivity contribution in [2.45, 2.75) is 6.04 Å². The van der Waals surface area contributed by atoms with Crippen LogP contribution in [0.5, 0.6) is 0 Å². The highest BCUT2D eigenvalue weighted by atomic mass is 16.1. The van der Waals surface area contributed by atoms with E-state index >= 15 is 0 Å². The molecule has 0 bridgehead atoms. The van der Waals surface area contributed by atoms with E-state index in [1.54, 1.807) is 6.20 Å². The number of hydrogen-bond acceptors (Lipinski definition) is 5. The Morgan fingerprint density at radius 1 is 0.838 bits per heavy atom. The Balaban J connectivity index is 1.33. The number of aromatic nitrogens is 4. The van der Waals surface area contributed by atoms with E-state index in [9.17, 15) is 4.79 Å². The van der Waals surface area contributed by atoms with Crippen LogP contribution in [-0.2, 0) is 0 Å². The number of benzene rings is 3. The van der Waals surface area contributed by atoms with Gasteiger partial charge in [0.1, 0.15) is 11.5 Å². The summed E-state index contributed by atoms with van der Waals surface area (Å²) in [5.41, 5.74) is 4.21. The molecule has 0 saturated carbocycles. The summed E-state index contributed by atoms with van der Waals surface area (Å²) in [6, 6.07) is 30.8. The van der Waals surface area contributed by atoms with E-state index in [4.69, 9.17) is 9.97 Å². The molecule has 0 radical (unpaired) electrons. The summed E-state index contributed by atoms with van der Waals surface area (Å²) < 4.78 is 1.95. The van der Waals surface area contributed by atoms with Crippen LogP contribution in [0, 0.1) is 0 Å². The molecule has 37 heavy (non-hydrogen) atoms. The molecule has 1 atom stereocenters. The number of rotatable bonds is 7. The van der Waals surface area contributed by atoms with Crippen LogP contribution in [0.2, 0.25) is 0 Å². The van der Waals surface area contributed by atoms with Crippen LogP contribution < -0.4 is 10.6 Å². The van der Waals surface area contributed by atoms with Gasteiger partial charge in [-0.05, 0) is 42.0 Å². The van der Waals surface area contributed by atoms with E-state index in [0.717, 1.165) is 27.7 Å². The van der Waals surface area contributed by atoms with Crippen molar-refractivity contribution in [3.63, 3.8) is 0 Å². The third-order valence-corrected chi connectivity index (χ3v) is 6.27. The van der Waals surface area contributed by atoms with Crippen molar-refractivity contribution >= 4 is 28.3 Å². The van der Waals surface area contributed by atoms with Gasteiger partial charge in [0.05, 0.1) is 11.6 Å². The number of pyridine rings is 1. The highest BCUT2D eigenvalue weighted by Gasteiger charge is 2.17. The standard InChI is InChI=1S/C30H24N6O/c37-30(22-11-5-2-6-12-22)34-26(21-9-3-1-4-10-21)19-32-29-24-13-7-8-14-25(24)33-28(35-29)23-15-16-27-31-17-18-36(27)20-23/h1-18,20,26H,19H2,(H,34,37)(H,32,33,35). The van der Waals surface area contributed by atoms with Gasteiger partial charge < -0.3 is 15.0 Å². The highest BCUT2D eigenvalue weighted by Crippen LogP contribution is 2.26. The number of para-hydroxylation sites is 1. The van der Waals surface area contributed by atoms with Crippen LogP contribution in [0.1, 0.15) is 22.0 Å². The maximum Gasteiger partial charge on any atom is 0.251 e. The monoisotopic (exact) mass is 484 g/mol. The normalized spacial score (nSPS) is 11.9. The van der Waals surface area contributed by atoms with Gasteiger partial charge in [-0.1, -0.05) is 60.7 Å². The molecule has 7 heteroatoms. The van der Waals surface area contributed by atoms with Crippen molar-refractivity contribution in [2.75, 3.05) is 11.9 Å². The highest BCUT2D eigenvalue weighted by molar-refractivity contribution is 5.94. The lowest BCUT2D eigenvalue weighted by molar-refractivity contribution is 0.0938. The second-order valence-electron chi connectivity index (χ2n) is 8.71. The van der Waals surface area contributed by atoms with Gasteiger partial charge in [0.25, 0.3) is 5.91 Å². The number of amides is 1. The first-order valence-corrected chi connectivity index (χ1v) is 12.1. The third-order valence-electron chi connectivity index (χ3n) is 6.27. The van der Waals surface area contributed by atoms with E-state index < -0.39 is 0 Å². The molecule has 6 aromatic rings. The summed E-state index contributed by atoms with van der Waals surface area (Å²) >= 11 is 0. The van der Waals surface area contributed by atoms with E-state index in [0.29, 0.717) is 23.8 Å². The first kappa shape index (κ1) is 22.4. The average molecular weight is 485 g/mol. The lowest BCUT2D eigenvalue weighted by atomic mass is 10.1. The van der Waals surface area contributed by atoms with Crippen LogP contribution in [0.25, 0.3) is 27.9 Å². The van der Waals surface area contributed by atoms with E-state index in [2.05, 4.69) is 15.6 Å². The Kier molecular flexibility index (Phi) is 6.01. The number of hydrogen-bond donors (Lipinski definition) is 2. The van der Waals surface area contributed by atoms with Crippen molar-refractivity contribution in [1.82, 2.24) is 24.7 Å². The van der Waals surface area contributed by atoms with Crippen LogP contribution in [0.4, 0.5) is 5.82 Å². The molecule has 2 N–H and O–H groups in total. The molecule has 3 aromatic heterocycles. The molecule has 3 aromatic carbocycles. The van der Waals surface area contributed by atoms with Crippen molar-refractivity contribution < 1.29 is 4.79 Å². The van der Waals surface area contributed by atoms with Crippen LogP contribution in [-0.4, -0.2) is 31.8 Å². The fourth-order valence-corrected chi connectivity index (χ4v) is 4.36. The zero-order valence-corrected chi connectivity index (χ0v) is 20.0. The largest absolute Gasteiger partial charge is 0.367 e. The molecule has 0 spiro atoms. The summed E-state index contributed by atoms with van der Waals surface area (Å²) in [5.74, 6) is 1.20. The third kappa shape index (κ3) is 4.75. The second kappa shape index (κ2) is 9.91. The van der Waals surface area contributed by atoms with Gasteiger partial charge in [-0.15, -0.1) is 0 Å². The van der Waals surface area contributed by atoms with Crippen LogP contribution in [0.3, 0.4) is 0 Å². The van der Waals surface area contributed by atoms with Gasteiger partial charge in [-0.2, -0.15) is 0 Å². The zero-order chi connectivity index (χ0) is 25.0. The SMILES string of the molecule is O=C(NC(CNc1nc(-c2ccc3nccn3c2)nc2ccccc12)c1ccccc1)c1ccccc1. The molecule has 1 unspecified atom stereocenters. The molecule has 0 aliphatic heterocycles. The van der Waals surface area contributed by atoms with Crippen molar-refractivity contribution in [3.8, 4) is 11.4 Å². The molecule has 3 heterocycles. The number of nitrogens with one attached hydrogen (secondary N) is 2. The summed E-state index contributed by atoms with van der Waals surface area (Å²) in [6.07, 6.45) is 5.64. The van der Waals surface area contributed by atoms with Gasteiger partial charge in [0.2, 0.25) is 0 Å². The Morgan fingerprint density at radius 3 is 2.43 bits per heavy atom. The fourth-order valence-electron chi connectivity index (χ4n) is 4.36. The van der Waals surface area contributed by atoms with Gasteiger partial charge in [0, 0.05) is 41.6 Å². The smallest absolute Gasteiger partial charge is 0.251 e. The van der Waals surface area contributed by atoms with Crippen molar-refractivity contribution in [1.29, 1.82) is 0 Å². The van der Waals surface area contributed by atoms with Gasteiger partial charge in [-0.25, -0.2) is 15.0 Å². The first-order chi connectivity index (χ1) is 18.2. The number of anilines is 1. The van der Waals surface area contributed by atoms with E-state index in [-0.39, 0.29) is 11.9 Å². The summed E-state index contributed by atoms with van der Waals surface area (Å²) in [7, 11) is 0. The average Bonchev–Trinajstić information content (AvgIpc) is 3.44. The number of carbonyl (C=O) groups excluding carboxylic acids is 1. The second-order valence-corrected chi connectivity index (χ2v) is 8.71. The van der Waals surface area contributed by atoms with Crippen LogP contribution in [0.15, 0.2) is 116 Å². The first-order valence-electron chi connectivity index (χ1n) is 12.1. The molecule has 0 aliphatic rings. The number of fused-ring (bicyclic) bond motifs is 2. The number of carbonyl (C=O) groups is 1. The number of nitrogens with zero attached hydrogens (tertiary/aromatic N) is 4. The summed E-state index contributed by atoms with van der Waals surface area (Å²) in [6.45, 7) is 0.448. The van der Waals surface area contributed by atoms with Gasteiger partial charge in [-0.3, -0.25) is 4.79 Å². The topological polar surface area (TPSA) is 84.2 Å². The Bertz CT molecular complexity index is 1680. The Hall–Kier alpha value is -5.04. The predicted molar refractivity (Wildman–Crippen MR) is 145 cm³/mol. The molecular weight excluding hydrogens is 460 g/mol. The fraction of sp³-hybridized carbons (Fsp3) is 0.0667. The molecule has 1 amide bonds. The molecule has 0 fully saturated rings. The Labute approximate surface area is 213 Å². The van der Waals surface area contributed by atoms with E-state index in [1.807, 2.05) is 114 Å². The van der Waals surface area contributed by atoms with Crippen LogP contribution >= 0.6 is 0 Å². The van der Waals surface area contributed by atoms with Gasteiger partial charge in [0.15, 0.2) is 5.82 Å². The Morgan fingerprint density at radius 2 is 1.59 bits per heavy atom. The molecule has 7 nitrogen and oxygen atoms in total. The predicted octanol–water partition coefficient (Wildman–Crippen LogP) is 5.53. The maximum atomic E-state index is 13.0. The summed E-state index contributed by atoms with van der Waals surface area (Å²) in [4.78, 5) is 27.0. The summed E-state index contributed by atoms with van der Waals surface area (Å²) in [5, 5.41) is 7.59. The van der Waals surface area contributed by atoms with Crippen molar-refractivity contribution in [3.05, 3.63) is 127 Å². The van der Waals surface area contributed by atoms with Gasteiger partial charge >= 0.3 is 0 Å². The molecular formula is C30H24N6O. The van der Waals surface area contributed by atoms with Crippen molar-refractivity contribution in [2.24, 2.45) is 0 Å². The molecule has 6 rings (SSSR count). The minimum atomic E-state index is -0.270. The molecule has 180 valence electrons. The van der Waals surface area contributed by atoms with E-state index in [1.165, 1.54) is 0 Å². The lowest BCUT2D eigenvalue weighted by Gasteiger charge is -2.21. The lowest BCUT2D eigenvalue weighted by Crippen LogP contribution is -2.33. The molecule has 0 saturated heterocycles. The minimum absolute atomic E-state index is 0.127. The maximum absolute atomic E-state index is 13.0. The molecule has 0 aliphatic carbocycles. The quantitative estimate of drug-likeness (QED) is 0.311.